The minimum Gasteiger partial charge on any atom is -0.384 e. The highest BCUT2D eigenvalue weighted by atomic mass is 16.3. The van der Waals surface area contributed by atoms with Gasteiger partial charge in [0.25, 0.3) is 0 Å². The Bertz CT molecular complexity index is 730. The van der Waals surface area contributed by atoms with Crippen LogP contribution in [0.5, 0.6) is 0 Å². The van der Waals surface area contributed by atoms with Crippen molar-refractivity contribution in [2.24, 2.45) is 7.05 Å². The molecule has 0 aliphatic rings. The van der Waals surface area contributed by atoms with E-state index in [-0.39, 0.29) is 0 Å². The van der Waals surface area contributed by atoms with Crippen LogP contribution in [0.25, 0.3) is 10.8 Å². The first-order chi connectivity index (χ1) is 9.18. The summed E-state index contributed by atoms with van der Waals surface area (Å²) in [5.74, 6) is 0.466. The van der Waals surface area contributed by atoms with Crippen molar-refractivity contribution < 1.29 is 5.11 Å². The fourth-order valence-electron chi connectivity index (χ4n) is 2.22. The van der Waals surface area contributed by atoms with Gasteiger partial charge in [-0.25, -0.2) is 0 Å². The molecule has 2 heterocycles. The minimum absolute atomic E-state index is 0.466. The van der Waals surface area contributed by atoms with E-state index >= 15 is 0 Å². The van der Waals surface area contributed by atoms with Gasteiger partial charge in [-0.2, -0.15) is 5.10 Å². The number of aliphatic hydroxyl groups excluding tert-OH is 1. The van der Waals surface area contributed by atoms with E-state index in [4.69, 9.17) is 5.73 Å². The molecular weight excluding hydrogens is 240 g/mol. The zero-order valence-corrected chi connectivity index (χ0v) is 10.5. The van der Waals surface area contributed by atoms with Crippen LogP contribution in [-0.4, -0.2) is 19.9 Å². The summed E-state index contributed by atoms with van der Waals surface area (Å²) in [6, 6.07) is 7.69. The highest BCUT2D eigenvalue weighted by Crippen LogP contribution is 2.30. The van der Waals surface area contributed by atoms with E-state index in [1.165, 1.54) is 0 Å². The predicted octanol–water partition coefficient (Wildman–Crippen LogP) is 1.63. The van der Waals surface area contributed by atoms with Crippen molar-refractivity contribution in [3.8, 4) is 0 Å². The standard InChI is InChI=1S/C14H14N4O/c1-18-14(15)12(8-17-18)13(19)10-4-2-3-9-5-6-16-7-11(9)10/h2-8,13,19H,15H2,1H3. The van der Waals surface area contributed by atoms with E-state index in [2.05, 4.69) is 10.1 Å². The normalized spacial score (nSPS) is 12.7. The Morgan fingerprint density at radius 3 is 2.79 bits per heavy atom. The average molecular weight is 254 g/mol. The lowest BCUT2D eigenvalue weighted by Crippen LogP contribution is -2.05. The van der Waals surface area contributed by atoms with Crippen molar-refractivity contribution in [3.05, 3.63) is 54.0 Å². The molecule has 1 aromatic carbocycles. The maximum Gasteiger partial charge on any atom is 0.127 e. The van der Waals surface area contributed by atoms with Gasteiger partial charge in [0.15, 0.2) is 0 Å². The Kier molecular flexibility index (Phi) is 2.68. The van der Waals surface area contributed by atoms with E-state index in [9.17, 15) is 5.11 Å². The first-order valence-corrected chi connectivity index (χ1v) is 5.96. The largest absolute Gasteiger partial charge is 0.384 e. The zero-order valence-electron chi connectivity index (χ0n) is 10.5. The Balaban J connectivity index is 2.17. The number of aryl methyl sites for hydroxylation is 1. The molecule has 0 radical (unpaired) electrons. The summed E-state index contributed by atoms with van der Waals surface area (Å²) in [4.78, 5) is 4.11. The van der Waals surface area contributed by atoms with Crippen LogP contribution in [0.4, 0.5) is 5.82 Å². The third kappa shape index (κ3) is 1.84. The minimum atomic E-state index is -0.804. The van der Waals surface area contributed by atoms with Crippen LogP contribution in [0.2, 0.25) is 0 Å². The van der Waals surface area contributed by atoms with Crippen molar-refractivity contribution in [1.82, 2.24) is 14.8 Å². The van der Waals surface area contributed by atoms with Gasteiger partial charge in [0, 0.05) is 30.4 Å². The molecule has 3 N–H and O–H groups in total. The molecule has 0 aliphatic carbocycles. The molecule has 19 heavy (non-hydrogen) atoms. The van der Waals surface area contributed by atoms with Gasteiger partial charge >= 0.3 is 0 Å². The second-order valence-corrected chi connectivity index (χ2v) is 4.46. The number of benzene rings is 1. The van der Waals surface area contributed by atoms with Crippen molar-refractivity contribution in [2.45, 2.75) is 6.10 Å². The van der Waals surface area contributed by atoms with Crippen LogP contribution in [-0.2, 0) is 7.05 Å². The monoisotopic (exact) mass is 254 g/mol. The third-order valence-electron chi connectivity index (χ3n) is 3.32. The van der Waals surface area contributed by atoms with E-state index in [0.29, 0.717) is 11.4 Å². The van der Waals surface area contributed by atoms with Crippen LogP contribution >= 0.6 is 0 Å². The van der Waals surface area contributed by atoms with Gasteiger partial charge in [-0.05, 0) is 17.0 Å². The van der Waals surface area contributed by atoms with Gasteiger partial charge in [-0.15, -0.1) is 0 Å². The first kappa shape index (κ1) is 11.7. The maximum absolute atomic E-state index is 10.5. The molecule has 5 nitrogen and oxygen atoms in total. The number of rotatable bonds is 2. The summed E-state index contributed by atoms with van der Waals surface area (Å²) in [5.41, 5.74) is 7.30. The number of pyridine rings is 1. The second-order valence-electron chi connectivity index (χ2n) is 4.46. The van der Waals surface area contributed by atoms with Gasteiger partial charge in [0.2, 0.25) is 0 Å². The number of aliphatic hydroxyl groups is 1. The predicted molar refractivity (Wildman–Crippen MR) is 73.4 cm³/mol. The molecule has 0 bridgehead atoms. The molecular formula is C14H14N4O. The molecule has 0 saturated heterocycles. The fraction of sp³-hybridized carbons (Fsp3) is 0.143. The highest BCUT2D eigenvalue weighted by Gasteiger charge is 2.18. The molecule has 96 valence electrons. The van der Waals surface area contributed by atoms with Crippen LogP contribution in [0.1, 0.15) is 17.2 Å². The lowest BCUT2D eigenvalue weighted by atomic mass is 9.98. The van der Waals surface area contributed by atoms with Crippen LogP contribution in [0, 0.1) is 0 Å². The van der Waals surface area contributed by atoms with Crippen LogP contribution in [0.3, 0.4) is 0 Å². The lowest BCUT2D eigenvalue weighted by Gasteiger charge is -2.13. The molecule has 0 aliphatic heterocycles. The highest BCUT2D eigenvalue weighted by molar-refractivity contribution is 5.85. The zero-order chi connectivity index (χ0) is 13.4. The molecule has 1 atom stereocenters. The summed E-state index contributed by atoms with van der Waals surface area (Å²) in [5, 5.41) is 16.5. The number of aromatic nitrogens is 3. The van der Waals surface area contributed by atoms with E-state index in [1.807, 2.05) is 24.3 Å². The van der Waals surface area contributed by atoms with Gasteiger partial charge in [0.05, 0.1) is 6.20 Å². The Labute approximate surface area is 110 Å². The summed E-state index contributed by atoms with van der Waals surface area (Å²) in [7, 11) is 1.75. The molecule has 0 spiro atoms. The molecule has 5 heteroatoms. The second kappa shape index (κ2) is 4.37. The lowest BCUT2D eigenvalue weighted by molar-refractivity contribution is 0.222. The topological polar surface area (TPSA) is 77.0 Å². The number of hydrogen-bond donors (Lipinski definition) is 2. The fourth-order valence-corrected chi connectivity index (χ4v) is 2.22. The molecule has 2 aromatic heterocycles. The third-order valence-corrected chi connectivity index (χ3v) is 3.32. The quantitative estimate of drug-likeness (QED) is 0.728. The Morgan fingerprint density at radius 1 is 1.21 bits per heavy atom. The summed E-state index contributed by atoms with van der Waals surface area (Å²) >= 11 is 0. The molecule has 0 fully saturated rings. The van der Waals surface area contributed by atoms with Gasteiger partial charge in [0.1, 0.15) is 11.9 Å². The SMILES string of the molecule is Cn1ncc(C(O)c2cccc3ccncc23)c1N. The smallest absolute Gasteiger partial charge is 0.127 e. The summed E-state index contributed by atoms with van der Waals surface area (Å²) < 4.78 is 1.54. The number of fused-ring (bicyclic) bond motifs is 1. The number of nitrogens with two attached hydrogens (primary N) is 1. The van der Waals surface area contributed by atoms with E-state index < -0.39 is 6.10 Å². The Hall–Kier alpha value is -2.40. The van der Waals surface area contributed by atoms with Gasteiger partial charge in [-0.1, -0.05) is 18.2 Å². The molecule has 1 unspecified atom stereocenters. The van der Waals surface area contributed by atoms with Crippen molar-refractivity contribution in [3.63, 3.8) is 0 Å². The number of anilines is 1. The van der Waals surface area contributed by atoms with Crippen LogP contribution < -0.4 is 5.73 Å². The molecule has 0 saturated carbocycles. The van der Waals surface area contributed by atoms with Crippen molar-refractivity contribution in [1.29, 1.82) is 0 Å². The molecule has 3 rings (SSSR count). The average Bonchev–Trinajstić information content (AvgIpc) is 2.78. The van der Waals surface area contributed by atoms with Gasteiger partial charge < -0.3 is 10.8 Å². The van der Waals surface area contributed by atoms with Crippen molar-refractivity contribution >= 4 is 16.6 Å². The molecule has 0 amide bonds. The van der Waals surface area contributed by atoms with Gasteiger partial charge in [-0.3, -0.25) is 9.67 Å². The van der Waals surface area contributed by atoms with Crippen molar-refractivity contribution in [2.75, 3.05) is 5.73 Å². The number of nitrogens with zero attached hydrogens (tertiary/aromatic N) is 3. The number of hydrogen-bond acceptors (Lipinski definition) is 4. The molecule has 3 aromatic rings. The Morgan fingerprint density at radius 2 is 2.05 bits per heavy atom. The number of nitrogen functional groups attached to an aromatic ring is 1. The first-order valence-electron chi connectivity index (χ1n) is 5.96. The summed E-state index contributed by atoms with van der Waals surface area (Å²) in [6.07, 6.45) is 4.27. The maximum atomic E-state index is 10.5. The van der Waals surface area contributed by atoms with Crippen LogP contribution in [0.15, 0.2) is 42.9 Å². The van der Waals surface area contributed by atoms with E-state index in [0.717, 1.165) is 16.3 Å². The summed E-state index contributed by atoms with van der Waals surface area (Å²) in [6.45, 7) is 0. The van der Waals surface area contributed by atoms with E-state index in [1.54, 1.807) is 30.3 Å².